The Labute approximate surface area is 78.5 Å². The van der Waals surface area contributed by atoms with Gasteiger partial charge in [-0.25, -0.2) is 0 Å². The van der Waals surface area contributed by atoms with Crippen molar-refractivity contribution in [2.45, 2.75) is 6.92 Å². The molecule has 0 aliphatic carbocycles. The number of rotatable bonds is 3. The van der Waals surface area contributed by atoms with Gasteiger partial charge in [-0.15, -0.1) is 6.42 Å². The first kappa shape index (κ1) is 9.47. The van der Waals surface area contributed by atoms with E-state index >= 15 is 0 Å². The summed E-state index contributed by atoms with van der Waals surface area (Å²) in [7, 11) is 1.60. The summed E-state index contributed by atoms with van der Waals surface area (Å²) in [5.74, 6) is 3.88. The maximum Gasteiger partial charge on any atom is 0.176 e. The van der Waals surface area contributed by atoms with Crippen LogP contribution in [0.3, 0.4) is 0 Å². The first-order valence-electron chi connectivity index (χ1n) is 4.09. The molecule has 0 N–H and O–H groups in total. The lowest BCUT2D eigenvalue weighted by Crippen LogP contribution is -1.97. The fourth-order valence-electron chi connectivity index (χ4n) is 1.08. The zero-order valence-corrected chi connectivity index (χ0v) is 7.83. The maximum atomic E-state index is 5.38. The molecule has 13 heavy (non-hydrogen) atoms. The maximum absolute atomic E-state index is 5.38. The van der Waals surface area contributed by atoms with E-state index in [2.05, 4.69) is 5.92 Å². The third kappa shape index (κ3) is 1.94. The van der Waals surface area contributed by atoms with Crippen molar-refractivity contribution in [3.8, 4) is 23.8 Å². The predicted molar refractivity (Wildman–Crippen MR) is 52.1 cm³/mol. The lowest BCUT2D eigenvalue weighted by Gasteiger charge is -2.10. The SMILES string of the molecule is C#Cc1cccc(OC)c1OCC. The molecule has 0 radical (unpaired) electrons. The van der Waals surface area contributed by atoms with Gasteiger partial charge in [0.1, 0.15) is 0 Å². The van der Waals surface area contributed by atoms with Crippen LogP contribution in [-0.2, 0) is 0 Å². The number of ether oxygens (including phenoxy) is 2. The van der Waals surface area contributed by atoms with Crippen LogP contribution in [0.25, 0.3) is 0 Å². The summed E-state index contributed by atoms with van der Waals surface area (Å²) in [5.41, 5.74) is 0.723. The van der Waals surface area contributed by atoms with E-state index in [0.717, 1.165) is 5.56 Å². The Morgan fingerprint density at radius 3 is 2.77 bits per heavy atom. The second-order valence-electron chi connectivity index (χ2n) is 2.41. The minimum atomic E-state index is 0.578. The number of hydrogen-bond acceptors (Lipinski definition) is 2. The Morgan fingerprint density at radius 2 is 2.23 bits per heavy atom. The van der Waals surface area contributed by atoms with Gasteiger partial charge >= 0.3 is 0 Å². The van der Waals surface area contributed by atoms with E-state index in [1.807, 2.05) is 25.1 Å². The average molecular weight is 176 g/mol. The fraction of sp³-hybridized carbons (Fsp3) is 0.273. The van der Waals surface area contributed by atoms with Gasteiger partial charge in [-0.3, -0.25) is 0 Å². The monoisotopic (exact) mass is 176 g/mol. The molecule has 0 amide bonds. The van der Waals surface area contributed by atoms with Gasteiger partial charge < -0.3 is 9.47 Å². The van der Waals surface area contributed by atoms with Crippen molar-refractivity contribution in [2.24, 2.45) is 0 Å². The summed E-state index contributed by atoms with van der Waals surface area (Å²) < 4.78 is 10.5. The molecule has 0 fully saturated rings. The van der Waals surface area contributed by atoms with Crippen molar-refractivity contribution in [3.63, 3.8) is 0 Å². The van der Waals surface area contributed by atoms with Crippen molar-refractivity contribution < 1.29 is 9.47 Å². The average Bonchev–Trinajstić information content (AvgIpc) is 2.18. The lowest BCUT2D eigenvalue weighted by molar-refractivity contribution is 0.310. The highest BCUT2D eigenvalue weighted by atomic mass is 16.5. The standard InChI is InChI=1S/C11H12O2/c1-4-9-7-6-8-10(12-3)11(9)13-5-2/h1,6-8H,5H2,2-3H3. The van der Waals surface area contributed by atoms with Crippen molar-refractivity contribution >= 4 is 0 Å². The van der Waals surface area contributed by atoms with Crippen LogP contribution in [0.4, 0.5) is 0 Å². The highest BCUT2D eigenvalue weighted by molar-refractivity contribution is 5.53. The second kappa shape index (κ2) is 4.42. The van der Waals surface area contributed by atoms with Gasteiger partial charge in [0.2, 0.25) is 0 Å². The van der Waals surface area contributed by atoms with Crippen LogP contribution in [0.15, 0.2) is 18.2 Å². The van der Waals surface area contributed by atoms with Gasteiger partial charge in [0, 0.05) is 0 Å². The molecular weight excluding hydrogens is 164 g/mol. The molecular formula is C11H12O2. The number of benzene rings is 1. The third-order valence-electron chi connectivity index (χ3n) is 1.64. The Hall–Kier alpha value is -1.62. The topological polar surface area (TPSA) is 18.5 Å². The zero-order valence-electron chi connectivity index (χ0n) is 7.83. The normalized spacial score (nSPS) is 9.00. The summed E-state index contributed by atoms with van der Waals surface area (Å²) in [6.45, 7) is 2.49. The van der Waals surface area contributed by atoms with Crippen molar-refractivity contribution in [2.75, 3.05) is 13.7 Å². The van der Waals surface area contributed by atoms with Crippen molar-refractivity contribution in [1.82, 2.24) is 0 Å². The van der Waals surface area contributed by atoms with E-state index in [-0.39, 0.29) is 0 Å². The quantitative estimate of drug-likeness (QED) is 0.656. The van der Waals surface area contributed by atoms with Crippen LogP contribution in [0.2, 0.25) is 0 Å². The molecule has 0 atom stereocenters. The van der Waals surface area contributed by atoms with Crippen LogP contribution in [-0.4, -0.2) is 13.7 Å². The molecule has 0 aromatic heterocycles. The van der Waals surface area contributed by atoms with Crippen LogP contribution >= 0.6 is 0 Å². The first-order valence-corrected chi connectivity index (χ1v) is 4.09. The smallest absolute Gasteiger partial charge is 0.176 e. The number of hydrogen-bond donors (Lipinski definition) is 0. The van der Waals surface area contributed by atoms with E-state index in [0.29, 0.717) is 18.1 Å². The number of para-hydroxylation sites is 1. The molecule has 0 aliphatic rings. The van der Waals surface area contributed by atoms with Gasteiger partial charge in [-0.2, -0.15) is 0 Å². The predicted octanol–water partition coefficient (Wildman–Crippen LogP) is 2.08. The fourth-order valence-corrected chi connectivity index (χ4v) is 1.08. The summed E-state index contributed by atoms with van der Waals surface area (Å²) in [6, 6.07) is 5.50. The van der Waals surface area contributed by atoms with Crippen LogP contribution < -0.4 is 9.47 Å². The van der Waals surface area contributed by atoms with Crippen molar-refractivity contribution in [1.29, 1.82) is 0 Å². The molecule has 68 valence electrons. The first-order chi connectivity index (χ1) is 6.33. The number of terminal acetylenes is 1. The van der Waals surface area contributed by atoms with E-state index in [1.165, 1.54) is 0 Å². The van der Waals surface area contributed by atoms with E-state index in [9.17, 15) is 0 Å². The second-order valence-corrected chi connectivity index (χ2v) is 2.41. The number of methoxy groups -OCH3 is 1. The third-order valence-corrected chi connectivity index (χ3v) is 1.64. The molecule has 0 bridgehead atoms. The summed E-state index contributed by atoms with van der Waals surface area (Å²) in [6.07, 6.45) is 5.32. The minimum absolute atomic E-state index is 0.578. The summed E-state index contributed by atoms with van der Waals surface area (Å²) >= 11 is 0. The highest BCUT2D eigenvalue weighted by Crippen LogP contribution is 2.30. The molecule has 2 heteroatoms. The van der Waals surface area contributed by atoms with Crippen LogP contribution in [0.5, 0.6) is 11.5 Å². The molecule has 1 aromatic carbocycles. The molecule has 0 heterocycles. The Kier molecular flexibility index (Phi) is 3.22. The van der Waals surface area contributed by atoms with E-state index < -0.39 is 0 Å². The molecule has 1 aromatic rings. The Morgan fingerprint density at radius 1 is 1.46 bits per heavy atom. The molecule has 0 unspecified atom stereocenters. The van der Waals surface area contributed by atoms with Gasteiger partial charge in [-0.1, -0.05) is 12.0 Å². The summed E-state index contributed by atoms with van der Waals surface area (Å²) in [4.78, 5) is 0. The van der Waals surface area contributed by atoms with Crippen molar-refractivity contribution in [3.05, 3.63) is 23.8 Å². The minimum Gasteiger partial charge on any atom is -0.493 e. The highest BCUT2D eigenvalue weighted by Gasteiger charge is 2.07. The largest absolute Gasteiger partial charge is 0.493 e. The molecule has 0 saturated heterocycles. The van der Waals surface area contributed by atoms with Crippen LogP contribution in [0.1, 0.15) is 12.5 Å². The molecule has 1 rings (SSSR count). The van der Waals surface area contributed by atoms with Gasteiger partial charge in [-0.05, 0) is 19.1 Å². The Bertz CT molecular complexity index is 323. The molecule has 0 spiro atoms. The Balaban J connectivity index is 3.15. The van der Waals surface area contributed by atoms with Crippen LogP contribution in [0, 0.1) is 12.3 Å². The van der Waals surface area contributed by atoms with Gasteiger partial charge in [0.15, 0.2) is 11.5 Å². The molecule has 0 aliphatic heterocycles. The summed E-state index contributed by atoms with van der Waals surface area (Å²) in [5, 5.41) is 0. The molecule has 0 saturated carbocycles. The van der Waals surface area contributed by atoms with Gasteiger partial charge in [0.25, 0.3) is 0 Å². The zero-order chi connectivity index (χ0) is 9.68. The van der Waals surface area contributed by atoms with E-state index in [1.54, 1.807) is 7.11 Å². The lowest BCUT2D eigenvalue weighted by atomic mass is 10.2. The molecule has 2 nitrogen and oxygen atoms in total. The van der Waals surface area contributed by atoms with Gasteiger partial charge in [0.05, 0.1) is 19.3 Å². The van der Waals surface area contributed by atoms with E-state index in [4.69, 9.17) is 15.9 Å².